The van der Waals surface area contributed by atoms with E-state index in [1.807, 2.05) is 33.8 Å². The van der Waals surface area contributed by atoms with Crippen LogP contribution in [-0.4, -0.2) is 0 Å². The van der Waals surface area contributed by atoms with Gasteiger partial charge in [-0.15, -0.1) is 0 Å². The first-order chi connectivity index (χ1) is 14.2. The average molecular weight is 391 g/mol. The average Bonchev–Trinajstić information content (AvgIpc) is 2.81. The first-order valence-electron chi connectivity index (χ1n) is 11.2. The lowest BCUT2D eigenvalue weighted by Gasteiger charge is -2.31. The molecule has 3 aromatic rings. The Morgan fingerprint density at radius 1 is 0.793 bits per heavy atom. The second-order valence-corrected chi connectivity index (χ2v) is 7.10. The van der Waals surface area contributed by atoms with Crippen molar-refractivity contribution in [2.24, 2.45) is 5.92 Å². The first-order valence-corrected chi connectivity index (χ1v) is 11.2. The van der Waals surface area contributed by atoms with Crippen LogP contribution >= 0.6 is 0 Å². The summed E-state index contributed by atoms with van der Waals surface area (Å²) < 4.78 is 13.6. The number of halogens is 1. The molecule has 0 saturated carbocycles. The Kier molecular flexibility index (Phi) is 9.12. The van der Waals surface area contributed by atoms with E-state index in [1.54, 1.807) is 12.1 Å². The second kappa shape index (κ2) is 11.6. The van der Waals surface area contributed by atoms with E-state index in [0.29, 0.717) is 5.92 Å². The fourth-order valence-corrected chi connectivity index (χ4v) is 4.14. The molecule has 3 aromatic carbocycles. The lowest BCUT2D eigenvalue weighted by atomic mass is 9.73. The molecule has 0 fully saturated rings. The minimum atomic E-state index is -0.183. The van der Waals surface area contributed by atoms with Gasteiger partial charge < -0.3 is 0 Å². The van der Waals surface area contributed by atoms with Gasteiger partial charge in [-0.1, -0.05) is 102 Å². The van der Waals surface area contributed by atoms with Crippen LogP contribution in [-0.2, 0) is 6.42 Å². The van der Waals surface area contributed by atoms with Gasteiger partial charge in [0.05, 0.1) is 0 Å². The van der Waals surface area contributed by atoms with Crippen LogP contribution in [0.2, 0.25) is 0 Å². The zero-order valence-electron chi connectivity index (χ0n) is 18.6. The molecule has 0 amide bonds. The summed E-state index contributed by atoms with van der Waals surface area (Å²) >= 11 is 0. The highest BCUT2D eigenvalue weighted by Gasteiger charge is 2.27. The van der Waals surface area contributed by atoms with Crippen molar-refractivity contribution in [3.63, 3.8) is 0 Å². The van der Waals surface area contributed by atoms with Crippen LogP contribution in [0.25, 0.3) is 11.1 Å². The van der Waals surface area contributed by atoms with E-state index in [4.69, 9.17) is 0 Å². The van der Waals surface area contributed by atoms with Crippen molar-refractivity contribution in [2.45, 2.75) is 59.8 Å². The minimum absolute atomic E-state index is 0.183. The van der Waals surface area contributed by atoms with Gasteiger partial charge in [0.25, 0.3) is 0 Å². The van der Waals surface area contributed by atoms with Crippen LogP contribution in [0.3, 0.4) is 0 Å². The molecule has 0 nitrogen and oxygen atoms in total. The monoisotopic (exact) mass is 390 g/mol. The summed E-state index contributed by atoms with van der Waals surface area (Å²) in [7, 11) is 0. The predicted octanol–water partition coefficient (Wildman–Crippen LogP) is 8.65. The fourth-order valence-electron chi connectivity index (χ4n) is 4.14. The van der Waals surface area contributed by atoms with Gasteiger partial charge in [0.1, 0.15) is 5.82 Å². The van der Waals surface area contributed by atoms with Gasteiger partial charge >= 0.3 is 0 Å². The van der Waals surface area contributed by atoms with Crippen LogP contribution in [0.1, 0.15) is 70.1 Å². The number of rotatable bonds is 3. The Bertz CT molecular complexity index is 881. The third-order valence-corrected chi connectivity index (χ3v) is 5.53. The molecule has 29 heavy (non-hydrogen) atoms. The van der Waals surface area contributed by atoms with E-state index in [2.05, 4.69) is 55.5 Å². The maximum atomic E-state index is 13.6. The van der Waals surface area contributed by atoms with Crippen LogP contribution in [0.4, 0.5) is 4.39 Å². The van der Waals surface area contributed by atoms with Gasteiger partial charge in [0, 0.05) is 5.92 Å². The van der Waals surface area contributed by atoms with Gasteiger partial charge in [0.15, 0.2) is 0 Å². The van der Waals surface area contributed by atoms with Gasteiger partial charge in [-0.2, -0.15) is 0 Å². The predicted molar refractivity (Wildman–Crippen MR) is 125 cm³/mol. The second-order valence-electron chi connectivity index (χ2n) is 7.10. The molecule has 0 unspecified atom stereocenters. The van der Waals surface area contributed by atoms with E-state index in [-0.39, 0.29) is 5.82 Å². The first kappa shape index (κ1) is 22.9. The molecule has 1 aliphatic carbocycles. The van der Waals surface area contributed by atoms with Gasteiger partial charge in [-0.3, -0.25) is 0 Å². The summed E-state index contributed by atoms with van der Waals surface area (Å²) in [5.41, 5.74) is 6.32. The molecule has 0 saturated heterocycles. The highest BCUT2D eigenvalue weighted by atomic mass is 19.1. The SMILES string of the molecule is CC.CC.CC[C@@H]1Cc2ccccc2[C@@H](c2cccc(-c3cccc(F)c3)c2)C1. The number of benzene rings is 3. The molecule has 0 aliphatic heterocycles. The van der Waals surface area contributed by atoms with E-state index >= 15 is 0 Å². The summed E-state index contributed by atoms with van der Waals surface area (Å²) in [5, 5.41) is 0. The van der Waals surface area contributed by atoms with E-state index in [1.165, 1.54) is 42.0 Å². The summed E-state index contributed by atoms with van der Waals surface area (Å²) in [6.45, 7) is 10.3. The molecule has 0 heterocycles. The van der Waals surface area contributed by atoms with E-state index in [0.717, 1.165) is 17.0 Å². The van der Waals surface area contributed by atoms with Crippen molar-refractivity contribution in [2.75, 3.05) is 0 Å². The molecule has 4 rings (SSSR count). The zero-order valence-corrected chi connectivity index (χ0v) is 18.6. The van der Waals surface area contributed by atoms with Crippen molar-refractivity contribution < 1.29 is 4.39 Å². The summed E-state index contributed by atoms with van der Waals surface area (Å²) in [4.78, 5) is 0. The van der Waals surface area contributed by atoms with Crippen LogP contribution < -0.4 is 0 Å². The molecule has 2 atom stereocenters. The van der Waals surface area contributed by atoms with Crippen molar-refractivity contribution in [1.29, 1.82) is 0 Å². The van der Waals surface area contributed by atoms with Gasteiger partial charge in [0.2, 0.25) is 0 Å². The van der Waals surface area contributed by atoms with E-state index in [9.17, 15) is 4.39 Å². The normalized spacial score (nSPS) is 17.2. The largest absolute Gasteiger partial charge is 0.207 e. The Balaban J connectivity index is 0.000000707. The Morgan fingerprint density at radius 3 is 2.14 bits per heavy atom. The van der Waals surface area contributed by atoms with Crippen molar-refractivity contribution in [3.8, 4) is 11.1 Å². The number of hydrogen-bond donors (Lipinski definition) is 0. The third kappa shape index (κ3) is 5.56. The highest BCUT2D eigenvalue weighted by molar-refractivity contribution is 5.64. The summed E-state index contributed by atoms with van der Waals surface area (Å²) in [6.07, 6.45) is 3.60. The van der Waals surface area contributed by atoms with Crippen molar-refractivity contribution in [1.82, 2.24) is 0 Å². The van der Waals surface area contributed by atoms with Gasteiger partial charge in [-0.05, 0) is 58.7 Å². The summed E-state index contributed by atoms with van der Waals surface area (Å²) in [5.74, 6) is 0.984. The van der Waals surface area contributed by atoms with Crippen molar-refractivity contribution in [3.05, 3.63) is 95.3 Å². The van der Waals surface area contributed by atoms with E-state index < -0.39 is 0 Å². The van der Waals surface area contributed by atoms with Crippen LogP contribution in [0, 0.1) is 11.7 Å². The molecule has 1 heteroatoms. The molecule has 0 spiro atoms. The molecule has 1 aliphatic rings. The molecule has 0 radical (unpaired) electrons. The quantitative estimate of drug-likeness (QED) is 0.420. The third-order valence-electron chi connectivity index (χ3n) is 5.53. The number of hydrogen-bond acceptors (Lipinski definition) is 0. The molecular formula is C28H35F. The summed E-state index contributed by atoms with van der Waals surface area (Å²) in [6, 6.07) is 24.4. The van der Waals surface area contributed by atoms with Crippen LogP contribution in [0.5, 0.6) is 0 Å². The fraction of sp³-hybridized carbons (Fsp3) is 0.357. The maximum Gasteiger partial charge on any atom is 0.123 e. The molecule has 0 N–H and O–H groups in total. The highest BCUT2D eigenvalue weighted by Crippen LogP contribution is 2.41. The lowest BCUT2D eigenvalue weighted by Crippen LogP contribution is -2.19. The van der Waals surface area contributed by atoms with Crippen LogP contribution in [0.15, 0.2) is 72.8 Å². The van der Waals surface area contributed by atoms with Crippen molar-refractivity contribution >= 4 is 0 Å². The molecule has 0 aromatic heterocycles. The standard InChI is InChI=1S/C24H23F.2C2H6/c1-2-17-13-20-7-3-4-12-23(20)24(14-17)21-10-5-8-18(15-21)19-9-6-11-22(25)16-19;2*1-2/h3-12,15-17,24H,2,13-14H2,1H3;2*1-2H3/t17-,24-;;/m1../s1. The smallest absolute Gasteiger partial charge is 0.123 e. The Labute approximate surface area is 176 Å². The Morgan fingerprint density at radius 2 is 1.45 bits per heavy atom. The molecule has 0 bridgehead atoms. The maximum absolute atomic E-state index is 13.6. The molecule has 154 valence electrons. The van der Waals surface area contributed by atoms with Gasteiger partial charge in [-0.25, -0.2) is 4.39 Å². The topological polar surface area (TPSA) is 0 Å². The Hall–Kier alpha value is -2.41. The number of fused-ring (bicyclic) bond motifs is 1. The minimum Gasteiger partial charge on any atom is -0.207 e. The molecular weight excluding hydrogens is 355 g/mol. The lowest BCUT2D eigenvalue weighted by molar-refractivity contribution is 0.416. The zero-order chi connectivity index (χ0) is 21.2.